The molecule has 0 heterocycles. The van der Waals surface area contributed by atoms with Crippen molar-refractivity contribution in [3.8, 4) is 0 Å². The monoisotopic (exact) mass is 257 g/mol. The van der Waals surface area contributed by atoms with Crippen molar-refractivity contribution in [2.45, 2.75) is 6.92 Å². The summed E-state index contributed by atoms with van der Waals surface area (Å²) in [5.74, 6) is -1.18. The van der Waals surface area contributed by atoms with Crippen molar-refractivity contribution in [2.24, 2.45) is 11.8 Å². The number of carbonyl (C=O) groups excluding carboxylic acids is 2. The molecule has 0 saturated heterocycles. The van der Waals surface area contributed by atoms with Gasteiger partial charge in [0.05, 0.1) is 5.92 Å². The quantitative estimate of drug-likeness (QED) is 0.669. The van der Waals surface area contributed by atoms with Crippen LogP contribution in [0.3, 0.4) is 0 Å². The van der Waals surface area contributed by atoms with Crippen LogP contribution in [0.25, 0.3) is 0 Å². The van der Waals surface area contributed by atoms with Gasteiger partial charge in [0.2, 0.25) is 5.91 Å². The van der Waals surface area contributed by atoms with Crippen LogP contribution in [-0.4, -0.2) is 40.8 Å². The third kappa shape index (κ3) is 4.22. The van der Waals surface area contributed by atoms with E-state index in [1.54, 1.807) is 0 Å². The fraction of sp³-hybridized carbons (Fsp3) is 0.545. The van der Waals surface area contributed by atoms with E-state index in [1.807, 2.05) is 0 Å². The van der Waals surface area contributed by atoms with Gasteiger partial charge in [0.1, 0.15) is 0 Å². The predicted molar refractivity (Wildman–Crippen MR) is 64.8 cm³/mol. The summed E-state index contributed by atoms with van der Waals surface area (Å²) in [6.45, 7) is 1.97. The lowest BCUT2D eigenvalue weighted by Gasteiger charge is -2.13. The third-order valence-corrected chi connectivity index (χ3v) is 3.56. The van der Waals surface area contributed by atoms with Gasteiger partial charge < -0.3 is 10.4 Å². The lowest BCUT2D eigenvalue weighted by Crippen LogP contribution is -2.26. The topological polar surface area (TPSA) is 83.5 Å². The van der Waals surface area contributed by atoms with Crippen LogP contribution in [0.2, 0.25) is 0 Å². The minimum Gasteiger partial charge on any atom is -0.481 e. The molecule has 0 aromatic carbocycles. The fourth-order valence-electron chi connectivity index (χ4n) is 1.58. The molecule has 0 aliphatic heterocycles. The van der Waals surface area contributed by atoms with E-state index in [0.717, 1.165) is 0 Å². The van der Waals surface area contributed by atoms with Gasteiger partial charge in [-0.05, 0) is 6.08 Å². The molecule has 1 rings (SSSR count). The predicted octanol–water partition coefficient (Wildman–Crippen LogP) is 0.312. The van der Waals surface area contributed by atoms with Gasteiger partial charge in [-0.3, -0.25) is 14.4 Å². The maximum Gasteiger partial charge on any atom is 0.311 e. The smallest absolute Gasteiger partial charge is 0.311 e. The van der Waals surface area contributed by atoms with E-state index in [9.17, 15) is 14.4 Å². The SMILES string of the molecule is CC(=O)NCCSCC1C(=O)C=CC1C(=O)O. The Labute approximate surface area is 104 Å². The van der Waals surface area contributed by atoms with E-state index in [4.69, 9.17) is 5.11 Å². The summed E-state index contributed by atoms with van der Waals surface area (Å²) in [5.41, 5.74) is 0. The maximum absolute atomic E-state index is 11.4. The van der Waals surface area contributed by atoms with Gasteiger partial charge in [0, 0.05) is 30.9 Å². The second-order valence-electron chi connectivity index (χ2n) is 3.79. The third-order valence-electron chi connectivity index (χ3n) is 2.47. The lowest BCUT2D eigenvalue weighted by atomic mass is 9.97. The number of carbonyl (C=O) groups is 3. The van der Waals surface area contributed by atoms with Crippen LogP contribution in [-0.2, 0) is 14.4 Å². The standard InChI is InChI=1S/C11H15NO4S/c1-7(13)12-4-5-17-6-9-8(11(15)16)2-3-10(9)14/h2-3,8-9H,4-6H2,1H3,(H,12,13)(H,15,16). The first-order valence-corrected chi connectivity index (χ1v) is 6.45. The Balaban J connectivity index is 2.28. The first kappa shape index (κ1) is 13.8. The second kappa shape index (κ2) is 6.44. The molecule has 2 unspecified atom stereocenters. The van der Waals surface area contributed by atoms with E-state index in [0.29, 0.717) is 18.1 Å². The molecule has 0 radical (unpaired) electrons. The molecule has 0 saturated carbocycles. The van der Waals surface area contributed by atoms with Gasteiger partial charge in [-0.1, -0.05) is 6.08 Å². The molecule has 1 amide bonds. The number of carboxylic acids is 1. The summed E-state index contributed by atoms with van der Waals surface area (Å²) >= 11 is 1.48. The number of carboxylic acid groups (broad SMARTS) is 1. The van der Waals surface area contributed by atoms with Gasteiger partial charge in [-0.2, -0.15) is 11.8 Å². The molecular formula is C11H15NO4S. The average molecular weight is 257 g/mol. The van der Waals surface area contributed by atoms with Crippen molar-refractivity contribution in [1.29, 1.82) is 0 Å². The molecule has 1 aliphatic rings. The molecule has 1 aliphatic carbocycles. The van der Waals surface area contributed by atoms with Crippen molar-refractivity contribution in [3.05, 3.63) is 12.2 Å². The molecule has 17 heavy (non-hydrogen) atoms. The van der Waals surface area contributed by atoms with Crippen LogP contribution in [0.5, 0.6) is 0 Å². The van der Waals surface area contributed by atoms with Gasteiger partial charge in [0.25, 0.3) is 0 Å². The molecule has 0 spiro atoms. The minimum atomic E-state index is -0.959. The lowest BCUT2D eigenvalue weighted by molar-refractivity contribution is -0.142. The Morgan fingerprint density at radius 3 is 2.82 bits per heavy atom. The molecule has 2 atom stereocenters. The highest BCUT2D eigenvalue weighted by Crippen LogP contribution is 2.26. The van der Waals surface area contributed by atoms with Crippen LogP contribution >= 0.6 is 11.8 Å². The molecule has 6 heteroatoms. The normalized spacial score (nSPS) is 22.8. The fourth-order valence-corrected chi connectivity index (χ4v) is 2.62. The second-order valence-corrected chi connectivity index (χ2v) is 4.94. The van der Waals surface area contributed by atoms with E-state index in [1.165, 1.54) is 30.8 Å². The van der Waals surface area contributed by atoms with Crippen LogP contribution < -0.4 is 5.32 Å². The number of aliphatic carboxylic acids is 1. The average Bonchev–Trinajstić information content (AvgIpc) is 2.59. The summed E-state index contributed by atoms with van der Waals surface area (Å²) in [4.78, 5) is 32.9. The Morgan fingerprint density at radius 1 is 1.53 bits per heavy atom. The van der Waals surface area contributed by atoms with Gasteiger partial charge in [0.15, 0.2) is 5.78 Å². The Morgan fingerprint density at radius 2 is 2.24 bits per heavy atom. The number of rotatable bonds is 6. The van der Waals surface area contributed by atoms with Crippen molar-refractivity contribution in [3.63, 3.8) is 0 Å². The highest BCUT2D eigenvalue weighted by molar-refractivity contribution is 7.99. The van der Waals surface area contributed by atoms with Crippen molar-refractivity contribution >= 4 is 29.4 Å². The molecule has 2 N–H and O–H groups in total. The zero-order valence-corrected chi connectivity index (χ0v) is 10.3. The zero-order chi connectivity index (χ0) is 12.8. The number of nitrogens with one attached hydrogen (secondary N) is 1. The molecule has 0 fully saturated rings. The highest BCUT2D eigenvalue weighted by atomic mass is 32.2. The van der Waals surface area contributed by atoms with Gasteiger partial charge in [-0.25, -0.2) is 0 Å². The summed E-state index contributed by atoms with van der Waals surface area (Å²) in [6, 6.07) is 0. The van der Waals surface area contributed by atoms with Crippen LogP contribution in [0, 0.1) is 11.8 Å². The van der Waals surface area contributed by atoms with E-state index in [-0.39, 0.29) is 11.7 Å². The Hall–Kier alpha value is -1.30. The number of hydrogen-bond acceptors (Lipinski definition) is 4. The number of thioether (sulfide) groups is 1. The summed E-state index contributed by atoms with van der Waals surface area (Å²) in [7, 11) is 0. The van der Waals surface area contributed by atoms with Crippen molar-refractivity contribution in [1.82, 2.24) is 5.32 Å². The number of amides is 1. The highest BCUT2D eigenvalue weighted by Gasteiger charge is 2.34. The van der Waals surface area contributed by atoms with E-state index >= 15 is 0 Å². The molecule has 94 valence electrons. The first-order valence-electron chi connectivity index (χ1n) is 5.29. The Bertz CT molecular complexity index is 353. The minimum absolute atomic E-state index is 0.0902. The maximum atomic E-state index is 11.4. The summed E-state index contributed by atoms with van der Waals surface area (Å²) in [5, 5.41) is 11.5. The van der Waals surface area contributed by atoms with Crippen LogP contribution in [0.15, 0.2) is 12.2 Å². The molecule has 0 aromatic heterocycles. The van der Waals surface area contributed by atoms with Gasteiger partial charge in [-0.15, -0.1) is 0 Å². The largest absolute Gasteiger partial charge is 0.481 e. The molecular weight excluding hydrogens is 242 g/mol. The molecule has 5 nitrogen and oxygen atoms in total. The molecule has 0 aromatic rings. The van der Waals surface area contributed by atoms with Crippen molar-refractivity contribution < 1.29 is 19.5 Å². The van der Waals surface area contributed by atoms with Crippen LogP contribution in [0.4, 0.5) is 0 Å². The van der Waals surface area contributed by atoms with E-state index in [2.05, 4.69) is 5.32 Å². The molecule has 0 bridgehead atoms. The first-order chi connectivity index (χ1) is 8.02. The number of hydrogen-bond donors (Lipinski definition) is 2. The van der Waals surface area contributed by atoms with Gasteiger partial charge >= 0.3 is 5.97 Å². The number of allylic oxidation sites excluding steroid dienone is 1. The Kier molecular flexibility index (Phi) is 5.21. The summed E-state index contributed by atoms with van der Waals surface area (Å²) in [6.07, 6.45) is 2.79. The van der Waals surface area contributed by atoms with Crippen LogP contribution in [0.1, 0.15) is 6.92 Å². The van der Waals surface area contributed by atoms with E-state index < -0.39 is 17.8 Å². The zero-order valence-electron chi connectivity index (χ0n) is 9.51. The van der Waals surface area contributed by atoms with Crippen molar-refractivity contribution in [2.75, 3.05) is 18.1 Å². The summed E-state index contributed by atoms with van der Waals surface area (Å²) < 4.78 is 0. The number of ketones is 1.